The lowest BCUT2D eigenvalue weighted by molar-refractivity contribution is -0.137. The summed E-state index contributed by atoms with van der Waals surface area (Å²) in [6.45, 7) is 8.10. The number of piperazine rings is 1. The van der Waals surface area contributed by atoms with E-state index in [-0.39, 0.29) is 18.4 Å². The molecule has 1 saturated heterocycles. The zero-order valence-electron chi connectivity index (χ0n) is 17.0. The summed E-state index contributed by atoms with van der Waals surface area (Å²) in [6, 6.07) is 4.76. The molecule has 0 atom stereocenters. The zero-order valence-corrected chi connectivity index (χ0v) is 17.9. The lowest BCUT2D eigenvalue weighted by Gasteiger charge is -2.34. The highest BCUT2D eigenvalue weighted by atomic mass is 32.1. The standard InChI is InChI=1S/C21H23F3N4O2S/c1-3-8-25-17(29)13-27-9-11-28(12-10-27)20(30)18-14(2)26-19(31-18)15-4-6-16(7-5-15)21(22,23)24/h3-7H,1,8-13H2,2H3,(H,25,29). The van der Waals surface area contributed by atoms with Crippen LogP contribution in [0.15, 0.2) is 36.9 Å². The minimum Gasteiger partial charge on any atom is -0.352 e. The van der Waals surface area contributed by atoms with Gasteiger partial charge in [0.2, 0.25) is 5.91 Å². The first-order valence-corrected chi connectivity index (χ1v) is 10.5. The number of benzene rings is 1. The molecule has 1 aromatic heterocycles. The fourth-order valence-corrected chi connectivity index (χ4v) is 4.26. The summed E-state index contributed by atoms with van der Waals surface area (Å²) < 4.78 is 38.3. The molecular weight excluding hydrogens is 429 g/mol. The highest BCUT2D eigenvalue weighted by Crippen LogP contribution is 2.33. The topological polar surface area (TPSA) is 65.5 Å². The van der Waals surface area contributed by atoms with E-state index in [1.165, 1.54) is 23.5 Å². The van der Waals surface area contributed by atoms with Gasteiger partial charge in [-0.3, -0.25) is 14.5 Å². The van der Waals surface area contributed by atoms with Gasteiger partial charge in [0, 0.05) is 38.3 Å². The summed E-state index contributed by atoms with van der Waals surface area (Å²) in [7, 11) is 0. The predicted octanol–water partition coefficient (Wildman–Crippen LogP) is 3.20. The molecule has 0 radical (unpaired) electrons. The number of nitrogens with one attached hydrogen (secondary N) is 1. The van der Waals surface area contributed by atoms with Gasteiger partial charge in [0.05, 0.1) is 17.8 Å². The minimum atomic E-state index is -4.40. The third-order valence-corrected chi connectivity index (χ3v) is 6.11. The van der Waals surface area contributed by atoms with E-state index in [1.54, 1.807) is 17.9 Å². The lowest BCUT2D eigenvalue weighted by atomic mass is 10.1. The van der Waals surface area contributed by atoms with E-state index in [9.17, 15) is 22.8 Å². The zero-order chi connectivity index (χ0) is 22.6. The highest BCUT2D eigenvalue weighted by molar-refractivity contribution is 7.17. The molecule has 0 aliphatic carbocycles. The van der Waals surface area contributed by atoms with Crippen LogP contribution in [0.25, 0.3) is 10.6 Å². The Morgan fingerprint density at radius 2 is 1.84 bits per heavy atom. The Morgan fingerprint density at radius 1 is 1.19 bits per heavy atom. The number of hydrogen-bond acceptors (Lipinski definition) is 5. The summed E-state index contributed by atoms with van der Waals surface area (Å²) >= 11 is 1.18. The van der Waals surface area contributed by atoms with Crippen LogP contribution in [0.3, 0.4) is 0 Å². The van der Waals surface area contributed by atoms with Crippen molar-refractivity contribution in [1.82, 2.24) is 20.1 Å². The number of thiazole rings is 1. The SMILES string of the molecule is C=CCNC(=O)CN1CCN(C(=O)c2sc(-c3ccc(C(F)(F)F)cc3)nc2C)CC1. The second-order valence-electron chi connectivity index (χ2n) is 7.17. The van der Waals surface area contributed by atoms with Gasteiger partial charge in [-0.05, 0) is 19.1 Å². The van der Waals surface area contributed by atoms with Gasteiger partial charge in [-0.15, -0.1) is 17.9 Å². The van der Waals surface area contributed by atoms with Crippen LogP contribution in [0.2, 0.25) is 0 Å². The molecule has 1 fully saturated rings. The quantitative estimate of drug-likeness (QED) is 0.684. The number of carbonyl (C=O) groups is 2. The molecule has 31 heavy (non-hydrogen) atoms. The van der Waals surface area contributed by atoms with Crippen LogP contribution < -0.4 is 5.32 Å². The molecule has 10 heteroatoms. The van der Waals surface area contributed by atoms with Crippen molar-refractivity contribution in [3.8, 4) is 10.6 Å². The first-order chi connectivity index (χ1) is 14.7. The minimum absolute atomic E-state index is 0.0841. The number of aromatic nitrogens is 1. The first kappa shape index (κ1) is 23.0. The van der Waals surface area contributed by atoms with Crippen molar-refractivity contribution in [1.29, 1.82) is 0 Å². The molecule has 1 aliphatic heterocycles. The second kappa shape index (κ2) is 9.61. The summed E-state index contributed by atoms with van der Waals surface area (Å²) in [5.74, 6) is -0.233. The molecular formula is C21H23F3N4O2S. The number of aryl methyl sites for hydroxylation is 1. The molecule has 6 nitrogen and oxygen atoms in total. The number of hydrogen-bond donors (Lipinski definition) is 1. The van der Waals surface area contributed by atoms with Crippen molar-refractivity contribution in [3.05, 3.63) is 53.1 Å². The molecule has 2 amide bonds. The Morgan fingerprint density at radius 3 is 2.42 bits per heavy atom. The van der Waals surface area contributed by atoms with Crippen LogP contribution in [0.1, 0.15) is 20.9 Å². The molecule has 2 aromatic rings. The van der Waals surface area contributed by atoms with Crippen molar-refractivity contribution in [3.63, 3.8) is 0 Å². The number of carbonyl (C=O) groups excluding carboxylic acids is 2. The van der Waals surface area contributed by atoms with E-state index >= 15 is 0 Å². The molecule has 0 bridgehead atoms. The van der Waals surface area contributed by atoms with Gasteiger partial charge in [-0.1, -0.05) is 18.2 Å². The number of amides is 2. The number of alkyl halides is 3. The summed E-state index contributed by atoms with van der Waals surface area (Å²) in [4.78, 5) is 33.3. The van der Waals surface area contributed by atoms with E-state index in [0.717, 1.165) is 12.1 Å². The Balaban J connectivity index is 1.62. The predicted molar refractivity (Wildman–Crippen MR) is 113 cm³/mol. The molecule has 1 aromatic carbocycles. The average Bonchev–Trinajstić information content (AvgIpc) is 3.13. The molecule has 0 spiro atoms. The maximum atomic E-state index is 13.0. The number of halogens is 3. The van der Waals surface area contributed by atoms with Crippen LogP contribution in [-0.2, 0) is 11.0 Å². The molecule has 0 unspecified atom stereocenters. The van der Waals surface area contributed by atoms with Crippen LogP contribution >= 0.6 is 11.3 Å². The Kier molecular flexibility index (Phi) is 7.11. The second-order valence-corrected chi connectivity index (χ2v) is 8.17. The van der Waals surface area contributed by atoms with Gasteiger partial charge in [-0.25, -0.2) is 4.98 Å². The molecule has 3 rings (SSSR count). The lowest BCUT2D eigenvalue weighted by Crippen LogP contribution is -2.51. The van der Waals surface area contributed by atoms with Crippen molar-refractivity contribution < 1.29 is 22.8 Å². The van der Waals surface area contributed by atoms with Crippen LogP contribution in [0.5, 0.6) is 0 Å². The van der Waals surface area contributed by atoms with E-state index in [4.69, 9.17) is 0 Å². The fraction of sp³-hybridized carbons (Fsp3) is 0.381. The van der Waals surface area contributed by atoms with E-state index in [2.05, 4.69) is 16.9 Å². The van der Waals surface area contributed by atoms with Crippen molar-refractivity contribution >= 4 is 23.2 Å². The monoisotopic (exact) mass is 452 g/mol. The van der Waals surface area contributed by atoms with E-state index in [0.29, 0.717) is 53.9 Å². The molecule has 0 saturated carbocycles. The Hall–Kier alpha value is -2.72. The van der Waals surface area contributed by atoms with Gasteiger partial charge in [0.15, 0.2) is 0 Å². The van der Waals surface area contributed by atoms with E-state index in [1.807, 2.05) is 4.90 Å². The maximum absolute atomic E-state index is 13.0. The van der Waals surface area contributed by atoms with Gasteiger partial charge in [0.25, 0.3) is 5.91 Å². The van der Waals surface area contributed by atoms with Crippen LogP contribution in [0, 0.1) is 6.92 Å². The Labute approximate surface area is 182 Å². The van der Waals surface area contributed by atoms with E-state index < -0.39 is 11.7 Å². The number of nitrogens with zero attached hydrogens (tertiary/aromatic N) is 3. The third-order valence-electron chi connectivity index (χ3n) is 4.92. The summed E-state index contributed by atoms with van der Waals surface area (Å²) in [5, 5.41) is 3.24. The van der Waals surface area contributed by atoms with Gasteiger partial charge >= 0.3 is 6.18 Å². The summed E-state index contributed by atoms with van der Waals surface area (Å²) in [6.07, 6.45) is -2.78. The van der Waals surface area contributed by atoms with Crippen molar-refractivity contribution in [2.75, 3.05) is 39.3 Å². The fourth-order valence-electron chi connectivity index (χ4n) is 3.22. The molecule has 1 aliphatic rings. The average molecular weight is 453 g/mol. The highest BCUT2D eigenvalue weighted by Gasteiger charge is 2.30. The smallest absolute Gasteiger partial charge is 0.352 e. The molecule has 1 N–H and O–H groups in total. The normalized spacial score (nSPS) is 15.0. The molecule has 2 heterocycles. The largest absolute Gasteiger partial charge is 0.416 e. The van der Waals surface area contributed by atoms with Gasteiger partial charge < -0.3 is 10.2 Å². The van der Waals surface area contributed by atoms with Crippen molar-refractivity contribution in [2.24, 2.45) is 0 Å². The first-order valence-electron chi connectivity index (χ1n) is 9.73. The van der Waals surface area contributed by atoms with Crippen LogP contribution in [-0.4, -0.2) is 65.9 Å². The third kappa shape index (κ3) is 5.71. The number of rotatable bonds is 6. The van der Waals surface area contributed by atoms with Gasteiger partial charge in [0.1, 0.15) is 9.88 Å². The maximum Gasteiger partial charge on any atom is 0.416 e. The molecule has 166 valence electrons. The van der Waals surface area contributed by atoms with Crippen molar-refractivity contribution in [2.45, 2.75) is 13.1 Å². The van der Waals surface area contributed by atoms with Crippen LogP contribution in [0.4, 0.5) is 13.2 Å². The summed E-state index contributed by atoms with van der Waals surface area (Å²) in [5.41, 5.74) is 0.364. The Bertz CT molecular complexity index is 949. The van der Waals surface area contributed by atoms with Gasteiger partial charge in [-0.2, -0.15) is 13.2 Å².